The molecule has 174 valence electrons. The van der Waals surface area contributed by atoms with Gasteiger partial charge >= 0.3 is 0 Å². The van der Waals surface area contributed by atoms with E-state index in [0.29, 0.717) is 12.1 Å². The zero-order valence-electron chi connectivity index (χ0n) is 19.4. The van der Waals surface area contributed by atoms with E-state index in [1.807, 2.05) is 50.2 Å². The summed E-state index contributed by atoms with van der Waals surface area (Å²) in [7, 11) is 2.04. The third kappa shape index (κ3) is 5.33. The van der Waals surface area contributed by atoms with Crippen LogP contribution in [-0.4, -0.2) is 46.0 Å². The van der Waals surface area contributed by atoms with Crippen LogP contribution in [0.1, 0.15) is 41.4 Å². The molecule has 1 aliphatic rings. The molecule has 6 heteroatoms. The molecular weight excluding hydrogens is 420 g/mol. The summed E-state index contributed by atoms with van der Waals surface area (Å²) in [6.45, 7) is 7.10. The van der Waals surface area contributed by atoms with E-state index >= 15 is 0 Å². The molecule has 0 N–H and O–H groups in total. The first-order chi connectivity index (χ1) is 15.8. The molecule has 2 heterocycles. The zero-order chi connectivity index (χ0) is 23.5. The van der Waals surface area contributed by atoms with Gasteiger partial charge in [0.25, 0.3) is 5.91 Å². The number of hydrogen-bond acceptors (Lipinski definition) is 2. The number of nitrogens with zero attached hydrogens (tertiary/aromatic N) is 3. The Kier molecular flexibility index (Phi) is 6.94. The average Bonchev–Trinajstić information content (AvgIpc) is 3.38. The fourth-order valence-corrected chi connectivity index (χ4v) is 4.79. The first-order valence-electron chi connectivity index (χ1n) is 11.5. The van der Waals surface area contributed by atoms with Crippen molar-refractivity contribution in [1.82, 2.24) is 14.4 Å². The van der Waals surface area contributed by atoms with Crippen LogP contribution >= 0.6 is 0 Å². The van der Waals surface area contributed by atoms with E-state index in [0.717, 1.165) is 25.2 Å². The van der Waals surface area contributed by atoms with E-state index in [2.05, 4.69) is 15.5 Å². The van der Waals surface area contributed by atoms with Gasteiger partial charge in [0, 0.05) is 62.6 Å². The van der Waals surface area contributed by atoms with Crippen LogP contribution in [0.25, 0.3) is 0 Å². The normalized spacial score (nSPS) is 18.7. The van der Waals surface area contributed by atoms with Crippen LogP contribution in [0, 0.1) is 17.6 Å². The van der Waals surface area contributed by atoms with Crippen molar-refractivity contribution in [1.29, 1.82) is 0 Å². The van der Waals surface area contributed by atoms with Crippen LogP contribution in [0.3, 0.4) is 0 Å². The molecule has 4 nitrogen and oxygen atoms in total. The van der Waals surface area contributed by atoms with Crippen LogP contribution < -0.4 is 0 Å². The Morgan fingerprint density at radius 1 is 1.00 bits per heavy atom. The summed E-state index contributed by atoms with van der Waals surface area (Å²) in [4.78, 5) is 17.6. The molecule has 2 aromatic carbocycles. The third-order valence-corrected chi connectivity index (χ3v) is 6.66. The Balaban J connectivity index is 1.57. The Morgan fingerprint density at radius 3 is 2.21 bits per heavy atom. The molecule has 33 heavy (non-hydrogen) atoms. The lowest BCUT2D eigenvalue weighted by Crippen LogP contribution is -2.42. The van der Waals surface area contributed by atoms with Gasteiger partial charge in [-0.1, -0.05) is 12.1 Å². The van der Waals surface area contributed by atoms with Gasteiger partial charge in [-0.3, -0.25) is 9.69 Å². The van der Waals surface area contributed by atoms with Crippen molar-refractivity contribution in [2.45, 2.75) is 32.4 Å². The second-order valence-corrected chi connectivity index (χ2v) is 9.28. The van der Waals surface area contributed by atoms with Gasteiger partial charge in [-0.05, 0) is 73.9 Å². The van der Waals surface area contributed by atoms with Crippen molar-refractivity contribution in [2.75, 3.05) is 19.6 Å². The van der Waals surface area contributed by atoms with Gasteiger partial charge in [0.15, 0.2) is 0 Å². The maximum absolute atomic E-state index is 13.6. The zero-order valence-corrected chi connectivity index (χ0v) is 19.4. The molecule has 1 aliphatic heterocycles. The molecule has 1 fully saturated rings. The summed E-state index contributed by atoms with van der Waals surface area (Å²) in [6, 6.07) is 16.6. The summed E-state index contributed by atoms with van der Waals surface area (Å²) in [5.41, 5.74) is 2.81. The van der Waals surface area contributed by atoms with E-state index in [4.69, 9.17) is 0 Å². The summed E-state index contributed by atoms with van der Waals surface area (Å²) in [5, 5.41) is 0. The summed E-state index contributed by atoms with van der Waals surface area (Å²) in [5.74, 6) is -0.310. The number of carbonyl (C=O) groups excluding carboxylic acids is 1. The van der Waals surface area contributed by atoms with Crippen molar-refractivity contribution < 1.29 is 13.6 Å². The highest BCUT2D eigenvalue weighted by atomic mass is 19.1. The minimum Gasteiger partial charge on any atom is -0.353 e. The number of rotatable bonds is 7. The maximum Gasteiger partial charge on any atom is 0.254 e. The number of carbonyl (C=O) groups is 1. The molecule has 2 unspecified atom stereocenters. The highest BCUT2D eigenvalue weighted by Gasteiger charge is 2.36. The number of benzene rings is 2. The monoisotopic (exact) mass is 451 g/mol. The quantitative estimate of drug-likeness (QED) is 0.502. The molecule has 1 aromatic heterocycles. The van der Waals surface area contributed by atoms with Gasteiger partial charge in [-0.25, -0.2) is 8.78 Å². The van der Waals surface area contributed by atoms with Crippen LogP contribution in [0.2, 0.25) is 0 Å². The molecule has 2 atom stereocenters. The van der Waals surface area contributed by atoms with Gasteiger partial charge in [0.1, 0.15) is 11.6 Å². The van der Waals surface area contributed by atoms with Gasteiger partial charge in [-0.2, -0.15) is 0 Å². The third-order valence-electron chi connectivity index (χ3n) is 6.66. The SMILES string of the molecule is CC(C)N(CC1CN(Cc2cccn2C)CC1c1ccc(F)cc1)C(=O)c1ccc(F)cc1. The van der Waals surface area contributed by atoms with Crippen molar-refractivity contribution in [3.8, 4) is 0 Å². The molecule has 3 aromatic rings. The summed E-state index contributed by atoms with van der Waals surface area (Å²) < 4.78 is 29.1. The smallest absolute Gasteiger partial charge is 0.254 e. The number of likely N-dealkylation sites (tertiary alicyclic amines) is 1. The molecule has 0 saturated carbocycles. The molecule has 1 amide bonds. The number of aryl methyl sites for hydroxylation is 1. The highest BCUT2D eigenvalue weighted by Crippen LogP contribution is 2.35. The summed E-state index contributed by atoms with van der Waals surface area (Å²) in [6.07, 6.45) is 2.04. The lowest BCUT2D eigenvalue weighted by Gasteiger charge is -2.32. The molecule has 0 radical (unpaired) electrons. The van der Waals surface area contributed by atoms with Crippen molar-refractivity contribution >= 4 is 5.91 Å². The summed E-state index contributed by atoms with van der Waals surface area (Å²) >= 11 is 0. The molecular formula is C27H31F2N3O. The first-order valence-corrected chi connectivity index (χ1v) is 11.5. The fraction of sp³-hybridized carbons (Fsp3) is 0.370. The van der Waals surface area contributed by atoms with E-state index in [-0.39, 0.29) is 35.4 Å². The second-order valence-electron chi connectivity index (χ2n) is 9.28. The highest BCUT2D eigenvalue weighted by molar-refractivity contribution is 5.94. The molecule has 0 aliphatic carbocycles. The van der Waals surface area contributed by atoms with Crippen LogP contribution in [0.15, 0.2) is 66.9 Å². The van der Waals surface area contributed by atoms with E-state index in [1.165, 1.54) is 30.0 Å². The lowest BCUT2D eigenvalue weighted by molar-refractivity contribution is 0.0668. The predicted octanol–water partition coefficient (Wildman–Crippen LogP) is 5.07. The second kappa shape index (κ2) is 9.87. The van der Waals surface area contributed by atoms with Crippen LogP contribution in [0.4, 0.5) is 8.78 Å². The van der Waals surface area contributed by atoms with Gasteiger partial charge in [0.2, 0.25) is 0 Å². The number of aromatic nitrogens is 1. The van der Waals surface area contributed by atoms with Crippen molar-refractivity contribution in [3.63, 3.8) is 0 Å². The first kappa shape index (κ1) is 23.2. The standard InChI is InChI=1S/C27H31F2N3O/c1-19(2)32(27(33)21-8-12-24(29)13-9-21)16-22-15-31(17-25-5-4-14-30(25)3)18-26(22)20-6-10-23(28)11-7-20/h4-14,19,22,26H,15-18H2,1-3H3. The number of amides is 1. The molecule has 0 spiro atoms. The minimum absolute atomic E-state index is 0.00153. The number of hydrogen-bond donors (Lipinski definition) is 0. The molecule has 4 rings (SSSR count). The Labute approximate surface area is 194 Å². The van der Waals surface area contributed by atoms with E-state index < -0.39 is 0 Å². The Bertz CT molecular complexity index is 1080. The number of halogens is 2. The van der Waals surface area contributed by atoms with Crippen molar-refractivity contribution in [2.24, 2.45) is 13.0 Å². The topological polar surface area (TPSA) is 28.5 Å². The minimum atomic E-state index is -0.355. The van der Waals surface area contributed by atoms with Gasteiger partial charge in [-0.15, -0.1) is 0 Å². The van der Waals surface area contributed by atoms with Crippen LogP contribution in [-0.2, 0) is 13.6 Å². The van der Waals surface area contributed by atoms with Gasteiger partial charge in [0.05, 0.1) is 0 Å². The average molecular weight is 452 g/mol. The molecule has 1 saturated heterocycles. The maximum atomic E-state index is 13.6. The Hall–Kier alpha value is -2.99. The fourth-order valence-electron chi connectivity index (χ4n) is 4.79. The molecule has 0 bridgehead atoms. The van der Waals surface area contributed by atoms with E-state index in [9.17, 15) is 13.6 Å². The van der Waals surface area contributed by atoms with E-state index in [1.54, 1.807) is 12.1 Å². The van der Waals surface area contributed by atoms with Gasteiger partial charge < -0.3 is 9.47 Å². The largest absolute Gasteiger partial charge is 0.353 e. The lowest BCUT2D eigenvalue weighted by atomic mass is 9.88. The predicted molar refractivity (Wildman–Crippen MR) is 126 cm³/mol. The van der Waals surface area contributed by atoms with Crippen LogP contribution in [0.5, 0.6) is 0 Å². The Morgan fingerprint density at radius 2 is 1.64 bits per heavy atom. The van der Waals surface area contributed by atoms with Crippen molar-refractivity contribution in [3.05, 3.63) is 95.3 Å².